The molecule has 0 bridgehead atoms. The second-order valence-corrected chi connectivity index (χ2v) is 9.58. The summed E-state index contributed by atoms with van der Waals surface area (Å²) in [6.07, 6.45) is 5.02. The summed E-state index contributed by atoms with van der Waals surface area (Å²) in [5, 5.41) is 6.52. The van der Waals surface area contributed by atoms with Crippen molar-refractivity contribution >= 4 is 39.7 Å². The van der Waals surface area contributed by atoms with Crippen LogP contribution in [0, 0.1) is 5.92 Å². The summed E-state index contributed by atoms with van der Waals surface area (Å²) in [6.45, 7) is 1.15. The van der Waals surface area contributed by atoms with Gasteiger partial charge in [0.15, 0.2) is 0 Å². The largest absolute Gasteiger partial charge is 0.322 e. The summed E-state index contributed by atoms with van der Waals surface area (Å²) in [6, 6.07) is 15.0. The molecule has 2 aromatic carbocycles. The summed E-state index contributed by atoms with van der Waals surface area (Å²) in [5.41, 5.74) is 2.95. The zero-order chi connectivity index (χ0) is 19.7. The fraction of sp³-hybridized carbons (Fsp3) is 0.381. The molecule has 2 fully saturated rings. The minimum Gasteiger partial charge on any atom is -0.322 e. The van der Waals surface area contributed by atoms with Gasteiger partial charge in [0.25, 0.3) is 5.91 Å². The molecule has 2 saturated carbocycles. The normalized spacial score (nSPS) is 20.4. The highest BCUT2D eigenvalue weighted by Crippen LogP contribution is 2.41. The molecule has 0 saturated heterocycles. The minimum atomic E-state index is -3.33. The third-order valence-corrected chi connectivity index (χ3v) is 5.81. The molecule has 3 N–H and O–H groups in total. The van der Waals surface area contributed by atoms with Crippen LogP contribution in [0.15, 0.2) is 48.5 Å². The number of nitrogens with one attached hydrogen (secondary N) is 3. The average molecular weight is 436 g/mol. The van der Waals surface area contributed by atoms with Gasteiger partial charge in [-0.2, -0.15) is 0 Å². The van der Waals surface area contributed by atoms with Crippen molar-refractivity contribution in [1.82, 2.24) is 5.32 Å². The molecule has 2 aromatic rings. The number of sulfonamides is 1. The number of halogens is 1. The first-order valence-electron chi connectivity index (χ1n) is 9.60. The fourth-order valence-electron chi connectivity index (χ4n) is 3.35. The zero-order valence-electron chi connectivity index (χ0n) is 16.2. The van der Waals surface area contributed by atoms with Gasteiger partial charge in [0, 0.05) is 28.9 Å². The summed E-state index contributed by atoms with van der Waals surface area (Å²) in [7, 11) is -3.33. The number of carbonyl (C=O) groups excluding carboxylic acids is 1. The van der Waals surface area contributed by atoms with Gasteiger partial charge in [0.2, 0.25) is 10.0 Å². The van der Waals surface area contributed by atoms with E-state index in [1.807, 2.05) is 12.1 Å². The highest BCUT2D eigenvalue weighted by atomic mass is 35.5. The molecule has 0 unspecified atom stereocenters. The van der Waals surface area contributed by atoms with Crippen molar-refractivity contribution in [3.63, 3.8) is 0 Å². The van der Waals surface area contributed by atoms with E-state index in [2.05, 4.69) is 27.5 Å². The van der Waals surface area contributed by atoms with Crippen LogP contribution in [0.2, 0.25) is 0 Å². The van der Waals surface area contributed by atoms with Gasteiger partial charge >= 0.3 is 0 Å². The van der Waals surface area contributed by atoms with Crippen molar-refractivity contribution in [1.29, 1.82) is 0 Å². The smallest absolute Gasteiger partial charge is 0.255 e. The second-order valence-electron chi connectivity index (χ2n) is 7.83. The number of benzene rings is 2. The molecular weight excluding hydrogens is 410 g/mol. The molecule has 0 heterocycles. The number of hydrogen-bond donors (Lipinski definition) is 3. The van der Waals surface area contributed by atoms with E-state index in [0.717, 1.165) is 24.4 Å². The summed E-state index contributed by atoms with van der Waals surface area (Å²) < 4.78 is 24.8. The minimum absolute atomic E-state index is 0. The van der Waals surface area contributed by atoms with E-state index >= 15 is 0 Å². The SMILES string of the molecule is CS(=O)(=O)Nc1ccc(C(=O)Nc2ccc([C@@H]3C[C@H]3NCC3CC3)cc2)cc1.Cl. The van der Waals surface area contributed by atoms with Crippen molar-refractivity contribution in [3.05, 3.63) is 59.7 Å². The molecule has 2 aliphatic rings. The molecule has 8 heteroatoms. The summed E-state index contributed by atoms with van der Waals surface area (Å²) in [4.78, 5) is 12.4. The Morgan fingerprint density at radius 2 is 1.62 bits per heavy atom. The first-order valence-corrected chi connectivity index (χ1v) is 11.5. The summed E-state index contributed by atoms with van der Waals surface area (Å²) in [5.74, 6) is 1.25. The maximum absolute atomic E-state index is 12.4. The Bertz CT molecular complexity index is 958. The van der Waals surface area contributed by atoms with Gasteiger partial charge in [0.05, 0.1) is 6.26 Å². The number of hydrogen-bond acceptors (Lipinski definition) is 4. The van der Waals surface area contributed by atoms with Crippen LogP contribution in [0.5, 0.6) is 0 Å². The van der Waals surface area contributed by atoms with Crippen LogP contribution in [0.25, 0.3) is 0 Å². The van der Waals surface area contributed by atoms with Gasteiger partial charge in [0.1, 0.15) is 0 Å². The van der Waals surface area contributed by atoms with E-state index in [-0.39, 0.29) is 18.3 Å². The predicted octanol–water partition coefficient (Wildman–Crippen LogP) is 3.59. The van der Waals surface area contributed by atoms with Crippen LogP contribution >= 0.6 is 12.4 Å². The second kappa shape index (κ2) is 8.73. The van der Waals surface area contributed by atoms with E-state index in [1.165, 1.54) is 24.8 Å². The van der Waals surface area contributed by atoms with Crippen LogP contribution in [-0.2, 0) is 10.0 Å². The predicted molar refractivity (Wildman–Crippen MR) is 118 cm³/mol. The van der Waals surface area contributed by atoms with Gasteiger partial charge in [-0.1, -0.05) is 12.1 Å². The van der Waals surface area contributed by atoms with E-state index in [9.17, 15) is 13.2 Å². The quantitative estimate of drug-likeness (QED) is 0.591. The van der Waals surface area contributed by atoms with Crippen LogP contribution in [0.4, 0.5) is 11.4 Å². The topological polar surface area (TPSA) is 87.3 Å². The van der Waals surface area contributed by atoms with E-state index in [0.29, 0.717) is 23.2 Å². The lowest BCUT2D eigenvalue weighted by Gasteiger charge is -2.08. The highest BCUT2D eigenvalue weighted by Gasteiger charge is 2.38. The molecule has 6 nitrogen and oxygen atoms in total. The van der Waals surface area contributed by atoms with Crippen molar-refractivity contribution in [2.24, 2.45) is 5.92 Å². The number of anilines is 2. The number of rotatable bonds is 8. The Balaban J connectivity index is 0.00000240. The monoisotopic (exact) mass is 435 g/mol. The molecule has 1 amide bonds. The number of carbonyl (C=O) groups is 1. The third kappa shape index (κ3) is 6.19. The average Bonchev–Trinajstić information content (AvgIpc) is 3.54. The first-order chi connectivity index (χ1) is 13.4. The van der Waals surface area contributed by atoms with E-state index in [4.69, 9.17) is 0 Å². The lowest BCUT2D eigenvalue weighted by Crippen LogP contribution is -2.20. The highest BCUT2D eigenvalue weighted by molar-refractivity contribution is 7.92. The van der Waals surface area contributed by atoms with Crippen LogP contribution < -0.4 is 15.4 Å². The zero-order valence-corrected chi connectivity index (χ0v) is 17.9. The Labute approximate surface area is 177 Å². The molecule has 29 heavy (non-hydrogen) atoms. The molecule has 2 aliphatic carbocycles. The molecular formula is C21H26ClN3O3S. The Kier molecular flexibility index (Phi) is 6.51. The lowest BCUT2D eigenvalue weighted by molar-refractivity contribution is 0.102. The molecule has 4 rings (SSSR count). The third-order valence-electron chi connectivity index (χ3n) is 5.20. The number of amides is 1. The standard InChI is InChI=1S/C21H25N3O3S.ClH/c1-28(26,27)24-18-10-6-16(7-11-18)21(25)23-17-8-4-15(5-9-17)19-12-20(19)22-13-14-2-3-14;/h4-11,14,19-20,22,24H,2-3,12-13H2,1H3,(H,23,25);1H/t19-,20+;/m0./s1. The van der Waals surface area contributed by atoms with Crippen LogP contribution in [-0.4, -0.2) is 33.2 Å². The Morgan fingerprint density at radius 3 is 2.21 bits per heavy atom. The van der Waals surface area contributed by atoms with Gasteiger partial charge in [-0.25, -0.2) is 8.42 Å². The van der Waals surface area contributed by atoms with E-state index < -0.39 is 10.0 Å². The molecule has 0 spiro atoms. The van der Waals surface area contributed by atoms with Crippen LogP contribution in [0.1, 0.15) is 41.1 Å². The fourth-order valence-corrected chi connectivity index (χ4v) is 3.91. The van der Waals surface area contributed by atoms with Crippen molar-refractivity contribution < 1.29 is 13.2 Å². The van der Waals surface area contributed by atoms with Gasteiger partial charge in [-0.05, 0) is 73.7 Å². The molecule has 156 valence electrons. The molecule has 0 aliphatic heterocycles. The molecule has 0 aromatic heterocycles. The van der Waals surface area contributed by atoms with Crippen molar-refractivity contribution in [3.8, 4) is 0 Å². The molecule has 2 atom stereocenters. The maximum Gasteiger partial charge on any atom is 0.255 e. The van der Waals surface area contributed by atoms with E-state index in [1.54, 1.807) is 24.3 Å². The molecule has 0 radical (unpaired) electrons. The van der Waals surface area contributed by atoms with Gasteiger partial charge in [-0.15, -0.1) is 12.4 Å². The first kappa shape index (κ1) is 21.6. The van der Waals surface area contributed by atoms with Crippen molar-refractivity contribution in [2.75, 3.05) is 22.8 Å². The lowest BCUT2D eigenvalue weighted by atomic mass is 10.1. The Hall–Kier alpha value is -2.09. The van der Waals surface area contributed by atoms with Gasteiger partial charge < -0.3 is 10.6 Å². The summed E-state index contributed by atoms with van der Waals surface area (Å²) >= 11 is 0. The van der Waals surface area contributed by atoms with Crippen LogP contribution in [0.3, 0.4) is 0 Å². The van der Waals surface area contributed by atoms with Crippen molar-refractivity contribution in [2.45, 2.75) is 31.2 Å². The maximum atomic E-state index is 12.4. The van der Waals surface area contributed by atoms with Gasteiger partial charge in [-0.3, -0.25) is 9.52 Å². The Morgan fingerprint density at radius 1 is 1.00 bits per heavy atom.